The highest BCUT2D eigenvalue weighted by molar-refractivity contribution is 7.98. The van der Waals surface area contributed by atoms with Crippen molar-refractivity contribution in [2.45, 2.75) is 17.8 Å². The molecular formula is C24H22N2O3S. The number of para-hydroxylation sites is 1. The van der Waals surface area contributed by atoms with Crippen molar-refractivity contribution >= 4 is 22.7 Å². The standard InChI is InChI=1S/C24H22N2O3S/c1-16-8-4-5-9-17(16)15-30-24-25-22-11-7-6-10-21(22)23(27)26(24)18-12-19(28-2)14-20(13-18)29-3/h4-14H,15H2,1-3H3. The van der Waals surface area contributed by atoms with Crippen LogP contribution in [-0.2, 0) is 5.75 Å². The molecule has 0 spiro atoms. The predicted molar refractivity (Wildman–Crippen MR) is 121 cm³/mol. The van der Waals surface area contributed by atoms with E-state index >= 15 is 0 Å². The minimum atomic E-state index is -0.122. The molecule has 0 amide bonds. The molecule has 0 aliphatic carbocycles. The molecule has 0 saturated heterocycles. The second-order valence-corrected chi connectivity index (χ2v) is 7.78. The Morgan fingerprint density at radius 2 is 1.60 bits per heavy atom. The maximum Gasteiger partial charge on any atom is 0.266 e. The van der Waals surface area contributed by atoms with E-state index in [2.05, 4.69) is 19.1 Å². The number of benzene rings is 3. The van der Waals surface area contributed by atoms with E-state index in [0.29, 0.717) is 39.0 Å². The van der Waals surface area contributed by atoms with Crippen LogP contribution in [0, 0.1) is 6.92 Å². The van der Waals surface area contributed by atoms with E-state index in [1.54, 1.807) is 30.9 Å². The minimum Gasteiger partial charge on any atom is -0.497 e. The molecule has 0 aliphatic heterocycles. The number of fused-ring (bicyclic) bond motifs is 1. The molecule has 0 fully saturated rings. The number of nitrogens with zero attached hydrogens (tertiary/aromatic N) is 2. The summed E-state index contributed by atoms with van der Waals surface area (Å²) in [5.41, 5.74) is 3.63. The average molecular weight is 419 g/mol. The SMILES string of the molecule is COc1cc(OC)cc(-n2c(SCc3ccccc3C)nc3ccccc3c2=O)c1. The van der Waals surface area contributed by atoms with Gasteiger partial charge in [-0.05, 0) is 30.2 Å². The second kappa shape index (κ2) is 8.63. The summed E-state index contributed by atoms with van der Waals surface area (Å²) in [6, 6.07) is 21.1. The van der Waals surface area contributed by atoms with Crippen LogP contribution in [0.4, 0.5) is 0 Å². The number of hydrogen-bond acceptors (Lipinski definition) is 5. The quantitative estimate of drug-likeness (QED) is 0.326. The van der Waals surface area contributed by atoms with Gasteiger partial charge < -0.3 is 9.47 Å². The van der Waals surface area contributed by atoms with Crippen LogP contribution in [-0.4, -0.2) is 23.8 Å². The first-order valence-corrected chi connectivity index (χ1v) is 10.5. The molecule has 0 radical (unpaired) electrons. The first-order chi connectivity index (χ1) is 14.6. The van der Waals surface area contributed by atoms with Gasteiger partial charge in [0, 0.05) is 24.0 Å². The first-order valence-electron chi connectivity index (χ1n) is 9.53. The molecule has 0 aliphatic rings. The van der Waals surface area contributed by atoms with Gasteiger partial charge in [0.1, 0.15) is 11.5 Å². The molecule has 4 rings (SSSR count). The highest BCUT2D eigenvalue weighted by atomic mass is 32.2. The van der Waals surface area contributed by atoms with Crippen molar-refractivity contribution in [2.75, 3.05) is 14.2 Å². The van der Waals surface area contributed by atoms with Gasteiger partial charge >= 0.3 is 0 Å². The number of rotatable bonds is 6. The summed E-state index contributed by atoms with van der Waals surface area (Å²) in [7, 11) is 3.18. The lowest BCUT2D eigenvalue weighted by Crippen LogP contribution is -2.22. The van der Waals surface area contributed by atoms with Crippen LogP contribution in [0.2, 0.25) is 0 Å². The van der Waals surface area contributed by atoms with Gasteiger partial charge in [-0.1, -0.05) is 48.2 Å². The summed E-state index contributed by atoms with van der Waals surface area (Å²) in [4.78, 5) is 18.3. The lowest BCUT2D eigenvalue weighted by Gasteiger charge is -2.15. The normalized spacial score (nSPS) is 10.9. The maximum atomic E-state index is 13.5. The molecule has 0 atom stereocenters. The molecule has 1 aromatic heterocycles. The van der Waals surface area contributed by atoms with E-state index in [1.807, 2.05) is 42.5 Å². The first kappa shape index (κ1) is 20.0. The van der Waals surface area contributed by atoms with Crippen LogP contribution < -0.4 is 15.0 Å². The van der Waals surface area contributed by atoms with Crippen LogP contribution in [0.15, 0.2) is 76.7 Å². The Morgan fingerprint density at radius 3 is 2.30 bits per heavy atom. The Bertz CT molecular complexity index is 1240. The zero-order valence-electron chi connectivity index (χ0n) is 17.1. The lowest BCUT2D eigenvalue weighted by molar-refractivity contribution is 0.394. The molecule has 1 heterocycles. The van der Waals surface area contributed by atoms with Crippen molar-refractivity contribution < 1.29 is 9.47 Å². The van der Waals surface area contributed by atoms with Gasteiger partial charge in [-0.3, -0.25) is 9.36 Å². The second-order valence-electron chi connectivity index (χ2n) is 6.84. The molecule has 3 aromatic carbocycles. The fourth-order valence-corrected chi connectivity index (χ4v) is 4.36. The Labute approximate surface area is 179 Å². The average Bonchev–Trinajstić information content (AvgIpc) is 2.78. The van der Waals surface area contributed by atoms with Crippen molar-refractivity contribution in [2.24, 2.45) is 0 Å². The number of ether oxygens (including phenoxy) is 2. The summed E-state index contributed by atoms with van der Waals surface area (Å²) in [5.74, 6) is 1.93. The van der Waals surface area contributed by atoms with Crippen molar-refractivity contribution in [3.05, 3.63) is 88.2 Å². The Morgan fingerprint density at radius 1 is 0.933 bits per heavy atom. The lowest BCUT2D eigenvalue weighted by atomic mass is 10.1. The summed E-state index contributed by atoms with van der Waals surface area (Å²) in [6.07, 6.45) is 0. The van der Waals surface area contributed by atoms with Crippen molar-refractivity contribution in [3.63, 3.8) is 0 Å². The molecule has 6 heteroatoms. The van der Waals surface area contributed by atoms with Crippen LogP contribution in [0.5, 0.6) is 11.5 Å². The summed E-state index contributed by atoms with van der Waals surface area (Å²) < 4.78 is 12.5. The Kier molecular flexibility index (Phi) is 5.77. The molecule has 4 aromatic rings. The summed E-state index contributed by atoms with van der Waals surface area (Å²) >= 11 is 1.54. The van der Waals surface area contributed by atoms with E-state index in [1.165, 1.54) is 22.9 Å². The van der Waals surface area contributed by atoms with Crippen molar-refractivity contribution in [1.29, 1.82) is 0 Å². The van der Waals surface area contributed by atoms with E-state index in [4.69, 9.17) is 14.5 Å². The third-order valence-corrected chi connectivity index (χ3v) is 5.94. The number of hydrogen-bond donors (Lipinski definition) is 0. The predicted octanol–water partition coefficient (Wildman–Crippen LogP) is 5.00. The molecule has 30 heavy (non-hydrogen) atoms. The van der Waals surface area contributed by atoms with Gasteiger partial charge in [-0.25, -0.2) is 4.98 Å². The highest BCUT2D eigenvalue weighted by Gasteiger charge is 2.15. The van der Waals surface area contributed by atoms with E-state index in [9.17, 15) is 4.79 Å². The molecule has 0 unspecified atom stereocenters. The zero-order chi connectivity index (χ0) is 21.1. The fraction of sp³-hybridized carbons (Fsp3) is 0.167. The highest BCUT2D eigenvalue weighted by Crippen LogP contribution is 2.29. The van der Waals surface area contributed by atoms with Gasteiger partial charge in [0.15, 0.2) is 5.16 Å². The summed E-state index contributed by atoms with van der Waals surface area (Å²) in [5, 5.41) is 1.19. The van der Waals surface area contributed by atoms with Crippen LogP contribution >= 0.6 is 11.8 Å². The van der Waals surface area contributed by atoms with Gasteiger partial charge in [0.05, 0.1) is 30.8 Å². The third kappa shape index (κ3) is 3.91. The van der Waals surface area contributed by atoms with E-state index in [0.717, 1.165) is 0 Å². The van der Waals surface area contributed by atoms with Gasteiger partial charge in [0.2, 0.25) is 0 Å². The largest absolute Gasteiger partial charge is 0.497 e. The monoisotopic (exact) mass is 418 g/mol. The van der Waals surface area contributed by atoms with Gasteiger partial charge in [-0.2, -0.15) is 0 Å². The number of aromatic nitrogens is 2. The molecule has 5 nitrogen and oxygen atoms in total. The smallest absolute Gasteiger partial charge is 0.266 e. The Balaban J connectivity index is 1.89. The van der Waals surface area contributed by atoms with Crippen LogP contribution in [0.3, 0.4) is 0 Å². The third-order valence-electron chi connectivity index (χ3n) is 4.96. The van der Waals surface area contributed by atoms with E-state index < -0.39 is 0 Å². The molecular weight excluding hydrogens is 396 g/mol. The number of aryl methyl sites for hydroxylation is 1. The summed E-state index contributed by atoms with van der Waals surface area (Å²) in [6.45, 7) is 2.09. The van der Waals surface area contributed by atoms with Crippen molar-refractivity contribution in [3.8, 4) is 17.2 Å². The molecule has 152 valence electrons. The minimum absolute atomic E-state index is 0.122. The number of thioether (sulfide) groups is 1. The number of methoxy groups -OCH3 is 2. The molecule has 0 saturated carbocycles. The van der Waals surface area contributed by atoms with Gasteiger partial charge in [0.25, 0.3) is 5.56 Å². The van der Waals surface area contributed by atoms with Crippen molar-refractivity contribution in [1.82, 2.24) is 9.55 Å². The van der Waals surface area contributed by atoms with Gasteiger partial charge in [-0.15, -0.1) is 0 Å². The van der Waals surface area contributed by atoms with Crippen LogP contribution in [0.25, 0.3) is 16.6 Å². The fourth-order valence-electron chi connectivity index (χ4n) is 3.27. The Hall–Kier alpha value is -3.25. The molecule has 0 N–H and O–H groups in total. The van der Waals surface area contributed by atoms with Crippen LogP contribution in [0.1, 0.15) is 11.1 Å². The van der Waals surface area contributed by atoms with E-state index in [-0.39, 0.29) is 5.56 Å². The molecule has 0 bridgehead atoms. The maximum absolute atomic E-state index is 13.5. The topological polar surface area (TPSA) is 53.4 Å². The zero-order valence-corrected chi connectivity index (χ0v) is 17.9.